The van der Waals surface area contributed by atoms with Gasteiger partial charge in [-0.1, -0.05) is 78.3 Å². The summed E-state index contributed by atoms with van der Waals surface area (Å²) in [4.78, 5) is 16.2. The normalized spacial score (nSPS) is 15.0. The van der Waals surface area contributed by atoms with Crippen molar-refractivity contribution in [2.45, 2.75) is 56.8 Å². The van der Waals surface area contributed by atoms with Gasteiger partial charge in [0.1, 0.15) is 0 Å². The molecule has 1 fully saturated rings. The predicted octanol–water partition coefficient (Wildman–Crippen LogP) is 8.30. The average Bonchev–Trinajstić information content (AvgIpc) is 3.70. The van der Waals surface area contributed by atoms with Crippen LogP contribution in [0.2, 0.25) is 5.02 Å². The number of pyridine rings is 1. The van der Waals surface area contributed by atoms with E-state index in [4.69, 9.17) is 16.6 Å². The van der Waals surface area contributed by atoms with Crippen molar-refractivity contribution in [3.8, 4) is 0 Å². The van der Waals surface area contributed by atoms with Gasteiger partial charge in [0.15, 0.2) is 0 Å². The van der Waals surface area contributed by atoms with Gasteiger partial charge >= 0.3 is 35.5 Å². The molecule has 1 unspecified atom stereocenters. The van der Waals surface area contributed by atoms with Crippen LogP contribution in [0.25, 0.3) is 23.1 Å². The molecule has 1 atom stereocenters. The number of carboxylic acids is 1. The number of carbonyl (C=O) groups is 1. The number of aliphatic hydroxyl groups is 1. The van der Waals surface area contributed by atoms with Gasteiger partial charge in [-0.3, -0.25) is 4.79 Å². The summed E-state index contributed by atoms with van der Waals surface area (Å²) >= 11 is 8.04. The summed E-state index contributed by atoms with van der Waals surface area (Å²) < 4.78 is 0. The number of hydrogen-bond acceptors (Lipinski definition) is 4. The molecule has 1 aliphatic rings. The van der Waals surface area contributed by atoms with Crippen LogP contribution in [0.5, 0.6) is 0 Å². The molecule has 5 rings (SSSR count). The Morgan fingerprint density at radius 2 is 1.81 bits per heavy atom. The fourth-order valence-corrected chi connectivity index (χ4v) is 7.09. The number of aryl methyl sites for hydroxylation is 1. The molecular weight excluding hydrogens is 573 g/mol. The zero-order valence-corrected chi connectivity index (χ0v) is 25.1. The van der Waals surface area contributed by atoms with Crippen LogP contribution >= 0.6 is 23.4 Å². The van der Waals surface area contributed by atoms with E-state index in [0.717, 1.165) is 64.7 Å². The number of carboxylic acid groups (broad SMARTS) is 1. The third kappa shape index (κ3) is 8.72. The number of benzene rings is 3. The number of nitrogens with zero attached hydrogens (tertiary/aromatic N) is 1. The van der Waals surface area contributed by atoms with E-state index >= 15 is 0 Å². The minimum atomic E-state index is -0.911. The quantitative estimate of drug-likeness (QED) is 0.158. The number of rotatable bonds is 12. The summed E-state index contributed by atoms with van der Waals surface area (Å²) in [6.07, 6.45) is 8.02. The number of halogens is 1. The van der Waals surface area contributed by atoms with E-state index < -0.39 is 11.6 Å². The zero-order valence-electron chi connectivity index (χ0n) is 23.5. The molecule has 4 aromatic rings. The van der Waals surface area contributed by atoms with E-state index in [1.165, 1.54) is 5.56 Å². The van der Waals surface area contributed by atoms with Crippen molar-refractivity contribution in [1.82, 2.24) is 4.98 Å². The number of thioether (sulfide) groups is 1. The molecule has 2 N–H and O–H groups in total. The summed E-state index contributed by atoms with van der Waals surface area (Å²) in [5.41, 5.74) is 5.15. The maximum atomic E-state index is 11.5. The monoisotopic (exact) mass is 609 g/mol. The van der Waals surface area contributed by atoms with Gasteiger partial charge in [0.25, 0.3) is 0 Å². The van der Waals surface area contributed by atoms with Gasteiger partial charge in [0.2, 0.25) is 0 Å². The molecule has 0 bridgehead atoms. The Labute approximate surface area is 279 Å². The molecule has 42 heavy (non-hydrogen) atoms. The molecule has 1 saturated carbocycles. The Bertz CT molecular complexity index is 1580. The average molecular weight is 610 g/mol. The second-order valence-electron chi connectivity index (χ2n) is 11.7. The van der Waals surface area contributed by atoms with Crippen molar-refractivity contribution >= 4 is 81.9 Å². The van der Waals surface area contributed by atoms with Crippen LogP contribution < -0.4 is 0 Å². The van der Waals surface area contributed by atoms with Crippen molar-refractivity contribution in [3.05, 3.63) is 112 Å². The van der Waals surface area contributed by atoms with Crippen LogP contribution in [0, 0.1) is 5.41 Å². The van der Waals surface area contributed by atoms with Crippen LogP contribution in [-0.4, -0.2) is 56.5 Å². The molecule has 0 amide bonds. The first-order chi connectivity index (χ1) is 19.6. The molecule has 1 aromatic heterocycles. The third-order valence-electron chi connectivity index (χ3n) is 7.83. The fraction of sp³-hybridized carbons (Fsp3) is 0.314. The molecule has 7 heteroatoms. The van der Waals surface area contributed by atoms with E-state index in [2.05, 4.69) is 42.5 Å². The summed E-state index contributed by atoms with van der Waals surface area (Å²) in [5, 5.41) is 22.1. The molecular formula is C35H37ClNNaO3S. The Balaban J connectivity index is 0.00000405. The summed E-state index contributed by atoms with van der Waals surface area (Å²) in [5.74, 6) is 0.122. The first-order valence-corrected chi connectivity index (χ1v) is 15.5. The van der Waals surface area contributed by atoms with E-state index in [-0.39, 0.29) is 46.6 Å². The molecule has 0 radical (unpaired) electrons. The van der Waals surface area contributed by atoms with Gasteiger partial charge in [-0.2, -0.15) is 11.8 Å². The fourth-order valence-electron chi connectivity index (χ4n) is 5.36. The molecule has 0 aliphatic heterocycles. The minimum absolute atomic E-state index is 0. The Hall–Kier alpha value is -2.12. The van der Waals surface area contributed by atoms with Gasteiger partial charge in [-0.05, 0) is 91.5 Å². The second kappa shape index (κ2) is 14.1. The predicted molar refractivity (Wildman–Crippen MR) is 178 cm³/mol. The van der Waals surface area contributed by atoms with Crippen molar-refractivity contribution in [3.63, 3.8) is 0 Å². The van der Waals surface area contributed by atoms with Crippen molar-refractivity contribution in [2.24, 2.45) is 5.41 Å². The van der Waals surface area contributed by atoms with Gasteiger partial charge in [-0.25, -0.2) is 4.98 Å². The Kier molecular flexibility index (Phi) is 11.0. The third-order valence-corrected chi connectivity index (χ3v) is 9.76. The Morgan fingerprint density at radius 1 is 1.05 bits per heavy atom. The number of aromatic nitrogens is 1. The first-order valence-electron chi connectivity index (χ1n) is 14.1. The Morgan fingerprint density at radius 3 is 2.55 bits per heavy atom. The van der Waals surface area contributed by atoms with Gasteiger partial charge in [0.05, 0.1) is 23.2 Å². The summed E-state index contributed by atoms with van der Waals surface area (Å²) in [6.45, 7) is 3.66. The molecule has 4 nitrogen and oxygen atoms in total. The van der Waals surface area contributed by atoms with Gasteiger partial charge < -0.3 is 10.2 Å². The van der Waals surface area contributed by atoms with Gasteiger partial charge in [0, 0.05) is 21.4 Å². The first kappa shape index (κ1) is 32.8. The van der Waals surface area contributed by atoms with E-state index in [1.807, 2.05) is 74.1 Å². The van der Waals surface area contributed by atoms with Crippen molar-refractivity contribution < 1.29 is 15.0 Å². The number of aliphatic carboxylic acids is 1. The van der Waals surface area contributed by atoms with E-state index in [9.17, 15) is 15.0 Å². The van der Waals surface area contributed by atoms with Crippen LogP contribution in [0.3, 0.4) is 0 Å². The molecule has 0 saturated heterocycles. The maximum absolute atomic E-state index is 11.5. The molecule has 214 valence electrons. The van der Waals surface area contributed by atoms with Crippen molar-refractivity contribution in [1.29, 1.82) is 0 Å². The van der Waals surface area contributed by atoms with E-state index in [0.29, 0.717) is 5.02 Å². The zero-order chi connectivity index (χ0) is 29.0. The molecule has 1 aliphatic carbocycles. The number of hydrogen-bond donors (Lipinski definition) is 2. The number of fused-ring (bicyclic) bond motifs is 1. The van der Waals surface area contributed by atoms with Gasteiger partial charge in [-0.15, -0.1) is 0 Å². The van der Waals surface area contributed by atoms with Crippen LogP contribution in [0.4, 0.5) is 0 Å². The topological polar surface area (TPSA) is 70.4 Å². The second-order valence-corrected chi connectivity index (χ2v) is 13.3. The molecule has 0 spiro atoms. The van der Waals surface area contributed by atoms with E-state index in [1.54, 1.807) is 0 Å². The van der Waals surface area contributed by atoms with Crippen molar-refractivity contribution in [2.75, 3.05) is 5.75 Å². The van der Waals surface area contributed by atoms with Crippen LogP contribution in [0.15, 0.2) is 78.9 Å². The summed E-state index contributed by atoms with van der Waals surface area (Å²) in [7, 11) is 0. The van der Waals surface area contributed by atoms with Crippen LogP contribution in [-0.2, 0) is 16.8 Å². The van der Waals surface area contributed by atoms with Crippen LogP contribution in [0.1, 0.15) is 72.7 Å². The molecule has 3 aromatic carbocycles. The molecule has 1 heterocycles. The standard InChI is InChI=1S/C35H36ClNO3S.Na.H/c1-34(2,40)30-9-4-3-7-25(30)13-17-32(41-23-35(18-19-35)22-33(38)39)27-8-5-6-24(20-27)10-15-29-16-12-26-11-14-28(36)21-31(26)37-29;;/h3-12,14-16,20-21,32,40H,13,17-19,22-23H2,1-2H3,(H,38,39);;. The SMILES string of the molecule is CC(C)(O)c1ccccc1CCC(SCC1(CC(=O)O)CC1)c1cccc(C=Cc2ccc3ccc(Cl)cc3n2)c1.[NaH]. The summed E-state index contributed by atoms with van der Waals surface area (Å²) in [6, 6.07) is 26.5.